The van der Waals surface area contributed by atoms with E-state index in [0.717, 1.165) is 29.5 Å². The van der Waals surface area contributed by atoms with E-state index in [1.165, 1.54) is 0 Å². The molecule has 0 bridgehead atoms. The van der Waals surface area contributed by atoms with Gasteiger partial charge in [-0.05, 0) is 48.4 Å². The molecule has 0 saturated heterocycles. The van der Waals surface area contributed by atoms with Gasteiger partial charge < -0.3 is 10.3 Å². The molecule has 1 amide bonds. The molecule has 188 valence electrons. The number of carbonyl (C=O) groups excluding carboxylic acids is 1. The summed E-state index contributed by atoms with van der Waals surface area (Å²) in [6.45, 7) is 2.03. The van der Waals surface area contributed by atoms with Gasteiger partial charge in [-0.15, -0.1) is 0 Å². The lowest BCUT2D eigenvalue weighted by Gasteiger charge is -2.08. The number of pyridine rings is 3. The molecule has 3 N–H and O–H groups in total. The summed E-state index contributed by atoms with van der Waals surface area (Å²) >= 11 is 0. The van der Waals surface area contributed by atoms with Crippen LogP contribution in [0.1, 0.15) is 26.2 Å². The van der Waals surface area contributed by atoms with E-state index in [1.54, 1.807) is 49.2 Å². The molecule has 9 nitrogen and oxygen atoms in total. The number of imidazole rings is 1. The Hall–Kier alpha value is -4.99. The van der Waals surface area contributed by atoms with E-state index < -0.39 is 5.82 Å². The zero-order valence-corrected chi connectivity index (χ0v) is 20.5. The number of fused-ring (bicyclic) bond motifs is 2. The van der Waals surface area contributed by atoms with Crippen LogP contribution in [-0.4, -0.2) is 41.0 Å². The Kier molecular flexibility index (Phi) is 6.04. The number of benzene rings is 1. The van der Waals surface area contributed by atoms with Crippen molar-refractivity contribution in [2.45, 2.75) is 26.2 Å². The number of hydrogen-bond acceptors (Lipinski definition) is 6. The van der Waals surface area contributed by atoms with Crippen LogP contribution in [0, 0.1) is 5.82 Å². The maximum absolute atomic E-state index is 16.1. The highest BCUT2D eigenvalue weighted by Gasteiger charge is 2.21. The van der Waals surface area contributed by atoms with Crippen molar-refractivity contribution < 1.29 is 9.18 Å². The molecule has 0 atom stereocenters. The van der Waals surface area contributed by atoms with Gasteiger partial charge in [0.1, 0.15) is 11.5 Å². The van der Waals surface area contributed by atoms with Gasteiger partial charge in [-0.1, -0.05) is 13.3 Å². The maximum Gasteiger partial charge on any atom is 0.224 e. The molecular weight excluding hydrogens is 483 g/mol. The van der Waals surface area contributed by atoms with E-state index in [2.05, 4.69) is 40.4 Å². The summed E-state index contributed by atoms with van der Waals surface area (Å²) < 4.78 is 16.1. The molecule has 0 unspecified atom stereocenters. The Morgan fingerprint density at radius 1 is 1.00 bits per heavy atom. The van der Waals surface area contributed by atoms with Gasteiger partial charge in [0, 0.05) is 47.9 Å². The normalized spacial score (nSPS) is 11.3. The number of halogens is 1. The van der Waals surface area contributed by atoms with Crippen molar-refractivity contribution >= 4 is 33.7 Å². The minimum Gasteiger partial charge on any atom is -0.335 e. The van der Waals surface area contributed by atoms with Crippen LogP contribution < -0.4 is 5.32 Å². The number of nitrogens with one attached hydrogen (secondary N) is 3. The van der Waals surface area contributed by atoms with Gasteiger partial charge in [0.05, 0.1) is 28.3 Å². The fourth-order valence-corrected chi connectivity index (χ4v) is 4.48. The zero-order chi connectivity index (χ0) is 26.1. The fraction of sp³-hybridized carbons (Fsp3) is 0.143. The van der Waals surface area contributed by atoms with Gasteiger partial charge in [-0.3, -0.25) is 19.9 Å². The first-order valence-corrected chi connectivity index (χ1v) is 12.3. The van der Waals surface area contributed by atoms with E-state index in [9.17, 15) is 4.79 Å². The van der Waals surface area contributed by atoms with E-state index >= 15 is 4.39 Å². The number of H-pyrrole nitrogens is 2. The van der Waals surface area contributed by atoms with Crippen molar-refractivity contribution in [1.29, 1.82) is 0 Å². The molecular formula is C28H23FN8O. The van der Waals surface area contributed by atoms with Gasteiger partial charge in [0.25, 0.3) is 0 Å². The molecule has 6 aromatic rings. The molecule has 6 rings (SSSR count). The number of nitrogens with zero attached hydrogens (tertiary/aromatic N) is 5. The van der Waals surface area contributed by atoms with Crippen LogP contribution in [0.25, 0.3) is 55.8 Å². The van der Waals surface area contributed by atoms with E-state index in [-0.39, 0.29) is 5.91 Å². The largest absolute Gasteiger partial charge is 0.335 e. The molecule has 1 aromatic carbocycles. The first kappa shape index (κ1) is 23.4. The van der Waals surface area contributed by atoms with Crippen molar-refractivity contribution in [3.63, 3.8) is 0 Å². The minimum atomic E-state index is -0.467. The number of unbranched alkanes of at least 4 members (excludes halogenated alkanes) is 1. The van der Waals surface area contributed by atoms with Crippen LogP contribution in [0.15, 0.2) is 67.4 Å². The molecule has 38 heavy (non-hydrogen) atoms. The highest BCUT2D eigenvalue weighted by Crippen LogP contribution is 2.35. The van der Waals surface area contributed by atoms with Gasteiger partial charge >= 0.3 is 0 Å². The van der Waals surface area contributed by atoms with Crippen LogP contribution in [0.5, 0.6) is 0 Å². The molecule has 0 radical (unpaired) electrons. The average Bonchev–Trinajstić information content (AvgIpc) is 3.57. The third-order valence-electron chi connectivity index (χ3n) is 6.37. The number of carbonyl (C=O) groups is 1. The van der Waals surface area contributed by atoms with E-state index in [1.807, 2.05) is 25.1 Å². The van der Waals surface area contributed by atoms with Crippen LogP contribution in [0.4, 0.5) is 10.1 Å². The van der Waals surface area contributed by atoms with Gasteiger partial charge in [-0.25, -0.2) is 14.4 Å². The van der Waals surface area contributed by atoms with Crippen molar-refractivity contribution in [2.24, 2.45) is 0 Å². The Labute approximate surface area is 216 Å². The Bertz CT molecular complexity index is 1780. The molecule has 0 fully saturated rings. The number of anilines is 1. The molecule has 0 aliphatic rings. The maximum atomic E-state index is 16.1. The second-order valence-corrected chi connectivity index (χ2v) is 8.91. The van der Waals surface area contributed by atoms with Crippen molar-refractivity contribution in [3.05, 3.63) is 73.2 Å². The number of aromatic amines is 2. The van der Waals surface area contributed by atoms with Crippen LogP contribution >= 0.6 is 0 Å². The summed E-state index contributed by atoms with van der Waals surface area (Å²) in [5.74, 6) is -0.167. The Morgan fingerprint density at radius 3 is 2.71 bits per heavy atom. The van der Waals surface area contributed by atoms with Crippen LogP contribution in [0.2, 0.25) is 0 Å². The smallest absolute Gasteiger partial charge is 0.224 e. The minimum absolute atomic E-state index is 0.0940. The first-order valence-electron chi connectivity index (χ1n) is 12.3. The summed E-state index contributed by atoms with van der Waals surface area (Å²) in [5, 5.41) is 10.4. The topological polar surface area (TPSA) is 125 Å². The summed E-state index contributed by atoms with van der Waals surface area (Å²) in [6, 6.07) is 10.8. The lowest BCUT2D eigenvalue weighted by Crippen LogP contribution is -2.11. The number of aromatic nitrogens is 7. The highest BCUT2D eigenvalue weighted by molar-refractivity contribution is 5.98. The molecule has 5 heterocycles. The monoisotopic (exact) mass is 506 g/mol. The average molecular weight is 507 g/mol. The molecule has 10 heteroatoms. The van der Waals surface area contributed by atoms with Crippen molar-refractivity contribution in [2.75, 3.05) is 5.32 Å². The Morgan fingerprint density at radius 2 is 1.87 bits per heavy atom. The number of amides is 1. The van der Waals surface area contributed by atoms with Gasteiger partial charge in [0.2, 0.25) is 5.91 Å². The van der Waals surface area contributed by atoms with Crippen molar-refractivity contribution in [3.8, 4) is 33.8 Å². The van der Waals surface area contributed by atoms with Gasteiger partial charge in [0.15, 0.2) is 11.5 Å². The first-order chi connectivity index (χ1) is 18.6. The summed E-state index contributed by atoms with van der Waals surface area (Å²) in [4.78, 5) is 32.8. The quantitative estimate of drug-likeness (QED) is 0.248. The standard InChI is InChI=1S/C28H23FN8O/c1-2-3-4-22(38)33-18-13-17(14-31-15-18)19-5-6-21-23(24(19)29)26(37-36-21)28-34-25-20(9-12-32-27(25)35-28)16-7-10-30-11-8-16/h5-15H,2-4H2,1H3,(H,33,38)(H,36,37)(H,32,34,35). The Balaban J connectivity index is 1.41. The second-order valence-electron chi connectivity index (χ2n) is 8.91. The highest BCUT2D eigenvalue weighted by atomic mass is 19.1. The summed E-state index contributed by atoms with van der Waals surface area (Å²) in [6.07, 6.45) is 10.4. The zero-order valence-electron chi connectivity index (χ0n) is 20.5. The van der Waals surface area contributed by atoms with E-state index in [4.69, 9.17) is 0 Å². The van der Waals surface area contributed by atoms with Crippen molar-refractivity contribution in [1.82, 2.24) is 35.1 Å². The molecule has 0 spiro atoms. The molecule has 0 aliphatic carbocycles. The third-order valence-corrected chi connectivity index (χ3v) is 6.37. The predicted octanol–water partition coefficient (Wildman–Crippen LogP) is 5.89. The van der Waals surface area contributed by atoms with Crippen LogP contribution in [0.3, 0.4) is 0 Å². The lowest BCUT2D eigenvalue weighted by molar-refractivity contribution is -0.116. The lowest BCUT2D eigenvalue weighted by atomic mass is 10.0. The SMILES string of the molecule is CCCCC(=O)Nc1cncc(-c2ccc3[nH]nc(-c4nc5nccc(-c6ccncc6)c5[nH]4)c3c2F)c1. The third kappa shape index (κ3) is 4.26. The van der Waals surface area contributed by atoms with Gasteiger partial charge in [-0.2, -0.15) is 5.10 Å². The fourth-order valence-electron chi connectivity index (χ4n) is 4.48. The summed E-state index contributed by atoms with van der Waals surface area (Å²) in [7, 11) is 0. The number of hydrogen-bond donors (Lipinski definition) is 3. The number of rotatable bonds is 7. The second kappa shape index (κ2) is 9.81. The summed E-state index contributed by atoms with van der Waals surface area (Å²) in [5.41, 5.74) is 5.34. The molecule has 0 aliphatic heterocycles. The molecule has 0 saturated carbocycles. The van der Waals surface area contributed by atoms with Crippen LogP contribution in [-0.2, 0) is 4.79 Å². The molecule has 5 aromatic heterocycles. The predicted molar refractivity (Wildman–Crippen MR) is 144 cm³/mol. The van der Waals surface area contributed by atoms with E-state index in [0.29, 0.717) is 51.3 Å².